The Morgan fingerprint density at radius 2 is 1.07 bits per heavy atom. The van der Waals surface area contributed by atoms with Crippen LogP contribution in [0.4, 0.5) is 0 Å². The van der Waals surface area contributed by atoms with Gasteiger partial charge in [-0.1, -0.05) is 77.0 Å². The highest BCUT2D eigenvalue weighted by molar-refractivity contribution is 5.87. The molecule has 2 heteroatoms. The second-order valence-corrected chi connectivity index (χ2v) is 10.7. The molecule has 0 amide bonds. The molecule has 0 aliphatic heterocycles. The summed E-state index contributed by atoms with van der Waals surface area (Å²) in [5.74, 6) is 2.43. The van der Waals surface area contributed by atoms with Crippen LogP contribution in [0.25, 0.3) is 0 Å². The molecular weight excluding hydrogens is 368 g/mol. The zero-order valence-corrected chi connectivity index (χ0v) is 21.0. The minimum Gasteiger partial charge on any atom is -0.295 e. The quantitative estimate of drug-likeness (QED) is 0.353. The van der Waals surface area contributed by atoms with Crippen molar-refractivity contribution >= 4 is 11.6 Å². The first-order valence-corrected chi connectivity index (χ1v) is 11.4. The fourth-order valence-electron chi connectivity index (χ4n) is 4.64. The topological polar surface area (TPSA) is 34.1 Å². The van der Waals surface area contributed by atoms with Gasteiger partial charge in [-0.2, -0.15) is 0 Å². The molecule has 0 aromatic heterocycles. The predicted octanol–water partition coefficient (Wildman–Crippen LogP) is 7.52. The van der Waals surface area contributed by atoms with E-state index in [9.17, 15) is 9.59 Å². The van der Waals surface area contributed by atoms with E-state index in [2.05, 4.69) is 79.7 Å². The molecule has 0 aromatic rings. The van der Waals surface area contributed by atoms with Crippen LogP contribution in [0.15, 0.2) is 47.6 Å². The van der Waals surface area contributed by atoms with Crippen LogP contribution in [0.1, 0.15) is 82.1 Å². The molecule has 2 nitrogen and oxygen atoms in total. The van der Waals surface area contributed by atoms with Crippen LogP contribution in [0.3, 0.4) is 0 Å². The maximum atomic E-state index is 11.0. The van der Waals surface area contributed by atoms with Crippen molar-refractivity contribution in [2.24, 2.45) is 34.5 Å². The summed E-state index contributed by atoms with van der Waals surface area (Å²) in [5, 5.41) is 0. The summed E-state index contributed by atoms with van der Waals surface area (Å²) in [7, 11) is 0. The van der Waals surface area contributed by atoms with Crippen molar-refractivity contribution in [3.63, 3.8) is 0 Å². The van der Waals surface area contributed by atoms with Crippen LogP contribution in [-0.4, -0.2) is 11.6 Å². The van der Waals surface area contributed by atoms with Gasteiger partial charge in [-0.15, -0.1) is 0 Å². The molecule has 30 heavy (non-hydrogen) atoms. The number of hydrogen-bond donors (Lipinski definition) is 0. The first kappa shape index (κ1) is 26.3. The van der Waals surface area contributed by atoms with Gasteiger partial charge in [-0.05, 0) is 75.4 Å². The van der Waals surface area contributed by atoms with E-state index >= 15 is 0 Å². The van der Waals surface area contributed by atoms with Crippen molar-refractivity contribution in [3.05, 3.63) is 47.6 Å². The molecule has 2 aliphatic rings. The van der Waals surface area contributed by atoms with E-state index in [1.807, 2.05) is 0 Å². The smallest absolute Gasteiger partial charge is 0.152 e. The highest BCUT2D eigenvalue weighted by Gasteiger charge is 2.37. The van der Waals surface area contributed by atoms with Crippen molar-refractivity contribution in [2.45, 2.75) is 82.1 Å². The van der Waals surface area contributed by atoms with Gasteiger partial charge in [-0.25, -0.2) is 0 Å². The minimum atomic E-state index is 0.136. The van der Waals surface area contributed by atoms with Gasteiger partial charge in [0, 0.05) is 11.8 Å². The lowest BCUT2D eigenvalue weighted by atomic mass is 9.63. The summed E-state index contributed by atoms with van der Waals surface area (Å²) < 4.78 is 0. The van der Waals surface area contributed by atoms with Crippen LogP contribution in [-0.2, 0) is 9.59 Å². The fraction of sp³-hybridized carbons (Fsp3) is 0.643. The van der Waals surface area contributed by atoms with Crippen LogP contribution in [0, 0.1) is 34.5 Å². The third-order valence-corrected chi connectivity index (χ3v) is 7.76. The SMILES string of the molecule is CC(=O)/C=C/[C@H]1C(C)=CC[C@H](C)C1(C)C.CC(=O)C=C[C@H]1C(C)=CC[C@@H](C)C1(C)C. The second-order valence-electron chi connectivity index (χ2n) is 10.7. The maximum Gasteiger partial charge on any atom is 0.152 e. The van der Waals surface area contributed by atoms with Crippen LogP contribution >= 0.6 is 0 Å². The lowest BCUT2D eigenvalue weighted by Crippen LogP contribution is -2.33. The summed E-state index contributed by atoms with van der Waals surface area (Å²) in [4.78, 5) is 22.0. The lowest BCUT2D eigenvalue weighted by Gasteiger charge is -2.42. The highest BCUT2D eigenvalue weighted by atomic mass is 16.1. The Morgan fingerprint density at radius 3 is 1.33 bits per heavy atom. The van der Waals surface area contributed by atoms with Gasteiger partial charge in [0.1, 0.15) is 0 Å². The van der Waals surface area contributed by atoms with E-state index in [0.717, 1.165) is 12.8 Å². The summed E-state index contributed by atoms with van der Waals surface area (Å²) in [6.07, 6.45) is 14.5. The average Bonchev–Trinajstić information content (AvgIpc) is 2.61. The number of ketones is 2. The summed E-state index contributed by atoms with van der Waals surface area (Å²) in [6, 6.07) is 0. The molecule has 2 rings (SSSR count). The number of allylic oxidation sites excluding steroid dienone is 8. The van der Waals surface area contributed by atoms with Crippen molar-refractivity contribution < 1.29 is 9.59 Å². The third-order valence-electron chi connectivity index (χ3n) is 7.76. The molecule has 0 radical (unpaired) electrons. The molecule has 2 aliphatic carbocycles. The fourth-order valence-corrected chi connectivity index (χ4v) is 4.64. The Balaban J connectivity index is 0.000000300. The van der Waals surface area contributed by atoms with Gasteiger partial charge in [0.2, 0.25) is 0 Å². The zero-order chi connectivity index (χ0) is 23.3. The molecule has 0 saturated heterocycles. The molecule has 0 aromatic carbocycles. The number of rotatable bonds is 4. The average molecular weight is 413 g/mol. The number of carbonyl (C=O) groups is 2. The first-order chi connectivity index (χ1) is 13.7. The Morgan fingerprint density at radius 1 is 0.767 bits per heavy atom. The van der Waals surface area contributed by atoms with Crippen molar-refractivity contribution in [1.29, 1.82) is 0 Å². The first-order valence-electron chi connectivity index (χ1n) is 11.4. The Hall–Kier alpha value is -1.70. The van der Waals surface area contributed by atoms with Crippen LogP contribution in [0.5, 0.6) is 0 Å². The van der Waals surface area contributed by atoms with E-state index in [-0.39, 0.29) is 22.4 Å². The predicted molar refractivity (Wildman–Crippen MR) is 129 cm³/mol. The zero-order valence-electron chi connectivity index (χ0n) is 21.0. The Bertz CT molecular complexity index is 679. The molecule has 0 N–H and O–H groups in total. The van der Waals surface area contributed by atoms with Gasteiger partial charge in [0.05, 0.1) is 0 Å². The monoisotopic (exact) mass is 412 g/mol. The van der Waals surface area contributed by atoms with Crippen LogP contribution in [0.2, 0.25) is 0 Å². The van der Waals surface area contributed by atoms with Gasteiger partial charge in [0.15, 0.2) is 11.6 Å². The summed E-state index contributed by atoms with van der Waals surface area (Å²) in [5.41, 5.74) is 3.31. The van der Waals surface area contributed by atoms with E-state index in [0.29, 0.717) is 23.7 Å². The molecule has 0 spiro atoms. The molecule has 0 fully saturated rings. The molecule has 168 valence electrons. The van der Waals surface area contributed by atoms with E-state index in [1.54, 1.807) is 26.0 Å². The second kappa shape index (κ2) is 10.6. The molecule has 0 unspecified atom stereocenters. The van der Waals surface area contributed by atoms with E-state index in [4.69, 9.17) is 0 Å². The van der Waals surface area contributed by atoms with Crippen molar-refractivity contribution in [2.75, 3.05) is 0 Å². The standard InChI is InChI=1S/2C14H22O/c2*1-10-6-7-11(2)14(4,5)13(10)9-8-12(3)15/h2*6,8-9,11,13H,7H2,1-5H3/b9-8+;/t11-,13-;11-,13+/m01/s1. The van der Waals surface area contributed by atoms with Gasteiger partial charge >= 0.3 is 0 Å². The number of hydrogen-bond acceptors (Lipinski definition) is 2. The van der Waals surface area contributed by atoms with Gasteiger partial charge < -0.3 is 0 Å². The lowest BCUT2D eigenvalue weighted by molar-refractivity contribution is -0.113. The number of carbonyl (C=O) groups excluding carboxylic acids is 2. The summed E-state index contributed by atoms with van der Waals surface area (Å²) in [6.45, 7) is 21.3. The molecule has 0 heterocycles. The minimum absolute atomic E-state index is 0.136. The molecule has 0 bridgehead atoms. The van der Waals surface area contributed by atoms with E-state index in [1.165, 1.54) is 11.1 Å². The highest BCUT2D eigenvalue weighted by Crippen LogP contribution is 2.46. The third kappa shape index (κ3) is 6.65. The van der Waals surface area contributed by atoms with Gasteiger partial charge in [0.25, 0.3) is 0 Å². The molecule has 4 atom stereocenters. The molecule has 0 saturated carbocycles. The van der Waals surface area contributed by atoms with Gasteiger partial charge in [-0.3, -0.25) is 9.59 Å². The molecular formula is C28H44O2. The van der Waals surface area contributed by atoms with Crippen molar-refractivity contribution in [3.8, 4) is 0 Å². The van der Waals surface area contributed by atoms with E-state index < -0.39 is 0 Å². The Kier molecular flexibility index (Phi) is 9.26. The van der Waals surface area contributed by atoms with Crippen molar-refractivity contribution in [1.82, 2.24) is 0 Å². The maximum absolute atomic E-state index is 11.0. The summed E-state index contributed by atoms with van der Waals surface area (Å²) >= 11 is 0. The largest absolute Gasteiger partial charge is 0.295 e. The normalized spacial score (nSPS) is 30.3. The van der Waals surface area contributed by atoms with Crippen LogP contribution < -0.4 is 0 Å². The Labute approximate surface area is 185 Å².